The fourth-order valence-electron chi connectivity index (χ4n) is 1.87. The summed E-state index contributed by atoms with van der Waals surface area (Å²) in [6.45, 7) is 1.96. The van der Waals surface area contributed by atoms with Gasteiger partial charge in [-0.05, 0) is 25.8 Å². The minimum atomic E-state index is -0.148. The molecular formula is C19H30O4. The number of unbranched alkanes of at least 4 members (excludes halogenated alkanes) is 4. The molecule has 0 aliphatic carbocycles. The number of esters is 1. The van der Waals surface area contributed by atoms with Crippen LogP contribution in [0.15, 0.2) is 36.5 Å². The van der Waals surface area contributed by atoms with Crippen LogP contribution in [0.4, 0.5) is 0 Å². The molecule has 0 aromatic rings. The Labute approximate surface area is 140 Å². The second kappa shape index (κ2) is 15.2. The van der Waals surface area contributed by atoms with Crippen LogP contribution in [-0.2, 0) is 19.1 Å². The maximum Gasteiger partial charge on any atom is 0.305 e. The molecule has 0 aromatic heterocycles. The van der Waals surface area contributed by atoms with Crippen molar-refractivity contribution in [1.82, 2.24) is 0 Å². The molecule has 0 fully saturated rings. The predicted molar refractivity (Wildman–Crippen MR) is 93.2 cm³/mol. The highest BCUT2D eigenvalue weighted by molar-refractivity contribution is 5.89. The molecule has 0 aliphatic rings. The van der Waals surface area contributed by atoms with Crippen molar-refractivity contribution < 1.29 is 19.1 Å². The fourth-order valence-corrected chi connectivity index (χ4v) is 1.87. The average molecular weight is 322 g/mol. The molecule has 1 unspecified atom stereocenters. The van der Waals surface area contributed by atoms with Crippen LogP contribution >= 0.6 is 0 Å². The molecule has 23 heavy (non-hydrogen) atoms. The van der Waals surface area contributed by atoms with Crippen LogP contribution in [0.25, 0.3) is 0 Å². The van der Waals surface area contributed by atoms with Crippen molar-refractivity contribution in [3.05, 3.63) is 36.5 Å². The number of ether oxygens (including phenoxy) is 2. The lowest BCUT2D eigenvalue weighted by Crippen LogP contribution is -1.99. The number of methoxy groups -OCH3 is 2. The van der Waals surface area contributed by atoms with E-state index in [0.717, 1.165) is 32.1 Å². The predicted octanol–water partition coefficient (Wildman–Crippen LogP) is 4.16. The van der Waals surface area contributed by atoms with Gasteiger partial charge in [0, 0.05) is 20.0 Å². The summed E-state index contributed by atoms with van der Waals surface area (Å²) >= 11 is 0. The van der Waals surface area contributed by atoms with Crippen molar-refractivity contribution in [3.63, 3.8) is 0 Å². The summed E-state index contributed by atoms with van der Waals surface area (Å²) in [5, 5.41) is 0. The lowest BCUT2D eigenvalue weighted by atomic mass is 10.1. The number of ketones is 1. The first kappa shape index (κ1) is 21.3. The normalized spacial score (nSPS) is 13.2. The Morgan fingerprint density at radius 3 is 2.13 bits per heavy atom. The second-order valence-corrected chi connectivity index (χ2v) is 5.38. The molecule has 0 radical (unpaired) electrons. The Bertz CT molecular complexity index is 408. The maximum absolute atomic E-state index is 11.6. The summed E-state index contributed by atoms with van der Waals surface area (Å²) < 4.78 is 9.66. The van der Waals surface area contributed by atoms with E-state index in [1.54, 1.807) is 19.3 Å². The van der Waals surface area contributed by atoms with Gasteiger partial charge >= 0.3 is 5.97 Å². The summed E-state index contributed by atoms with van der Waals surface area (Å²) in [4.78, 5) is 22.5. The summed E-state index contributed by atoms with van der Waals surface area (Å²) in [5.74, 6) is 0.00309. The van der Waals surface area contributed by atoms with Crippen LogP contribution in [0, 0.1) is 0 Å². The van der Waals surface area contributed by atoms with Crippen molar-refractivity contribution in [3.8, 4) is 0 Å². The summed E-state index contributed by atoms with van der Waals surface area (Å²) in [5.41, 5.74) is 0. The standard InChI is InChI=1S/C19H30O4/c1-17(22-2)13-9-7-8-11-15-18(20)14-10-5-4-6-12-16-19(21)23-3/h7-9,11,13,15,17H,4-6,10,12,14,16H2,1-3H3. The van der Waals surface area contributed by atoms with Gasteiger partial charge in [0.05, 0.1) is 13.2 Å². The Morgan fingerprint density at radius 1 is 0.870 bits per heavy atom. The van der Waals surface area contributed by atoms with E-state index in [0.29, 0.717) is 12.8 Å². The van der Waals surface area contributed by atoms with E-state index in [9.17, 15) is 9.59 Å². The van der Waals surface area contributed by atoms with Crippen molar-refractivity contribution in [2.45, 2.75) is 58.0 Å². The van der Waals surface area contributed by atoms with Crippen LogP contribution in [0.3, 0.4) is 0 Å². The highest BCUT2D eigenvalue weighted by Gasteiger charge is 2.00. The number of carbonyl (C=O) groups is 2. The number of hydrogen-bond acceptors (Lipinski definition) is 4. The zero-order valence-corrected chi connectivity index (χ0v) is 14.6. The van der Waals surface area contributed by atoms with Crippen LogP contribution in [-0.4, -0.2) is 32.1 Å². The molecule has 0 saturated heterocycles. The lowest BCUT2D eigenvalue weighted by Gasteiger charge is -2.00. The van der Waals surface area contributed by atoms with Gasteiger partial charge in [-0.3, -0.25) is 9.59 Å². The third kappa shape index (κ3) is 15.0. The molecule has 0 amide bonds. The van der Waals surface area contributed by atoms with Gasteiger partial charge in [-0.25, -0.2) is 0 Å². The Hall–Kier alpha value is -1.68. The highest BCUT2D eigenvalue weighted by atomic mass is 16.5. The first-order valence-electron chi connectivity index (χ1n) is 8.24. The van der Waals surface area contributed by atoms with Crippen molar-refractivity contribution in [2.75, 3.05) is 14.2 Å². The molecule has 4 heteroatoms. The lowest BCUT2D eigenvalue weighted by molar-refractivity contribution is -0.140. The zero-order chi connectivity index (χ0) is 17.3. The molecule has 0 bridgehead atoms. The van der Waals surface area contributed by atoms with Gasteiger partial charge in [0.25, 0.3) is 0 Å². The fraction of sp³-hybridized carbons (Fsp3) is 0.579. The summed E-state index contributed by atoms with van der Waals surface area (Å²) in [6.07, 6.45) is 16.9. The van der Waals surface area contributed by atoms with E-state index in [1.165, 1.54) is 7.11 Å². The Morgan fingerprint density at radius 2 is 1.48 bits per heavy atom. The third-order valence-electron chi connectivity index (χ3n) is 3.40. The van der Waals surface area contributed by atoms with Gasteiger partial charge < -0.3 is 9.47 Å². The second-order valence-electron chi connectivity index (χ2n) is 5.38. The molecule has 0 saturated carbocycles. The van der Waals surface area contributed by atoms with Gasteiger partial charge in [-0.2, -0.15) is 0 Å². The molecule has 1 atom stereocenters. The molecule has 0 aliphatic heterocycles. The SMILES string of the molecule is COC(=O)CCCCCCCC(=O)C=CC=CC=CC(C)OC. The van der Waals surface area contributed by atoms with Crippen LogP contribution in [0.1, 0.15) is 51.9 Å². The monoisotopic (exact) mass is 322 g/mol. The molecule has 0 aromatic carbocycles. The molecule has 130 valence electrons. The third-order valence-corrected chi connectivity index (χ3v) is 3.40. The first-order chi connectivity index (χ1) is 11.1. The maximum atomic E-state index is 11.6. The van der Waals surface area contributed by atoms with Crippen LogP contribution in [0.2, 0.25) is 0 Å². The van der Waals surface area contributed by atoms with Gasteiger partial charge in [0.2, 0.25) is 0 Å². The van der Waals surface area contributed by atoms with Crippen molar-refractivity contribution in [2.24, 2.45) is 0 Å². The summed E-state index contributed by atoms with van der Waals surface area (Å²) in [7, 11) is 3.07. The molecule has 0 heterocycles. The van der Waals surface area contributed by atoms with E-state index in [-0.39, 0.29) is 17.9 Å². The molecule has 4 nitrogen and oxygen atoms in total. The Balaban J connectivity index is 3.60. The summed E-state index contributed by atoms with van der Waals surface area (Å²) in [6, 6.07) is 0. The van der Waals surface area contributed by atoms with Gasteiger partial charge in [0.15, 0.2) is 5.78 Å². The molecule has 0 spiro atoms. The minimum absolute atomic E-state index is 0.0953. The number of allylic oxidation sites excluding steroid dienone is 5. The van der Waals surface area contributed by atoms with E-state index in [2.05, 4.69) is 4.74 Å². The van der Waals surface area contributed by atoms with Gasteiger partial charge in [-0.1, -0.05) is 49.6 Å². The Kier molecular flexibility index (Phi) is 14.1. The number of hydrogen-bond donors (Lipinski definition) is 0. The highest BCUT2D eigenvalue weighted by Crippen LogP contribution is 2.08. The quantitative estimate of drug-likeness (QED) is 0.221. The smallest absolute Gasteiger partial charge is 0.305 e. The van der Waals surface area contributed by atoms with E-state index < -0.39 is 0 Å². The van der Waals surface area contributed by atoms with E-state index in [4.69, 9.17) is 4.74 Å². The minimum Gasteiger partial charge on any atom is -0.469 e. The molecule has 0 N–H and O–H groups in total. The van der Waals surface area contributed by atoms with Crippen molar-refractivity contribution >= 4 is 11.8 Å². The van der Waals surface area contributed by atoms with Gasteiger partial charge in [0.1, 0.15) is 0 Å². The van der Waals surface area contributed by atoms with Crippen LogP contribution < -0.4 is 0 Å². The van der Waals surface area contributed by atoms with E-state index >= 15 is 0 Å². The molecular weight excluding hydrogens is 292 g/mol. The van der Waals surface area contributed by atoms with E-state index in [1.807, 2.05) is 31.2 Å². The zero-order valence-electron chi connectivity index (χ0n) is 14.6. The molecule has 0 rings (SSSR count). The average Bonchev–Trinajstić information content (AvgIpc) is 2.56. The van der Waals surface area contributed by atoms with Gasteiger partial charge in [-0.15, -0.1) is 0 Å². The number of rotatable bonds is 13. The van der Waals surface area contributed by atoms with Crippen molar-refractivity contribution in [1.29, 1.82) is 0 Å². The first-order valence-corrected chi connectivity index (χ1v) is 8.24. The topological polar surface area (TPSA) is 52.6 Å². The largest absolute Gasteiger partial charge is 0.469 e. The van der Waals surface area contributed by atoms with Crippen LogP contribution in [0.5, 0.6) is 0 Å². The number of carbonyl (C=O) groups excluding carboxylic acids is 2.